The molecule has 0 fully saturated rings. The number of carbonyl (C=O) groups is 1. The van der Waals surface area contributed by atoms with Crippen LogP contribution in [0, 0.1) is 0 Å². The summed E-state index contributed by atoms with van der Waals surface area (Å²) in [6.45, 7) is 0. The number of fused-ring (bicyclic) bond motifs is 1. The lowest BCUT2D eigenvalue weighted by atomic mass is 9.89. The lowest BCUT2D eigenvalue weighted by molar-refractivity contribution is -0.116. The average Bonchev–Trinajstić information content (AvgIpc) is 3.05. The van der Waals surface area contributed by atoms with Gasteiger partial charge in [-0.15, -0.1) is 0 Å². The van der Waals surface area contributed by atoms with Crippen LogP contribution in [0.25, 0.3) is 5.69 Å². The van der Waals surface area contributed by atoms with Crippen LogP contribution in [0.15, 0.2) is 48.8 Å². The number of halogens is 1. The molecular formula is C19H16ClN3O3. The van der Waals surface area contributed by atoms with Crippen LogP contribution in [-0.4, -0.2) is 27.7 Å². The molecule has 2 heterocycles. The lowest BCUT2D eigenvalue weighted by Gasteiger charge is -2.24. The summed E-state index contributed by atoms with van der Waals surface area (Å²) in [7, 11) is 1.49. The average molecular weight is 370 g/mol. The van der Waals surface area contributed by atoms with Crippen LogP contribution in [0.4, 0.5) is 5.82 Å². The summed E-state index contributed by atoms with van der Waals surface area (Å²) in [5.74, 6) is 0.625. The van der Waals surface area contributed by atoms with E-state index in [-0.39, 0.29) is 24.0 Å². The SMILES string of the molecule is COc1ccc(C2CC(=O)Nc3c2ncn3-c2ccccc2Cl)cc1O. The fourth-order valence-electron chi connectivity index (χ4n) is 3.24. The van der Waals surface area contributed by atoms with Crippen LogP contribution in [0.5, 0.6) is 11.5 Å². The minimum absolute atomic E-state index is 0.0306. The fraction of sp³-hybridized carbons (Fsp3) is 0.158. The van der Waals surface area contributed by atoms with E-state index >= 15 is 0 Å². The first kappa shape index (κ1) is 16.5. The van der Waals surface area contributed by atoms with Crippen molar-refractivity contribution in [2.45, 2.75) is 12.3 Å². The van der Waals surface area contributed by atoms with E-state index in [1.54, 1.807) is 29.1 Å². The molecule has 1 aromatic heterocycles. The third kappa shape index (κ3) is 2.68. The van der Waals surface area contributed by atoms with E-state index in [9.17, 15) is 9.90 Å². The normalized spacial score (nSPS) is 16.1. The van der Waals surface area contributed by atoms with Crippen molar-refractivity contribution in [1.29, 1.82) is 0 Å². The van der Waals surface area contributed by atoms with E-state index in [1.165, 1.54) is 7.11 Å². The molecule has 1 unspecified atom stereocenters. The van der Waals surface area contributed by atoms with Gasteiger partial charge in [0.05, 0.1) is 23.5 Å². The Hall–Kier alpha value is -2.99. The second kappa shape index (κ2) is 6.38. The smallest absolute Gasteiger partial charge is 0.226 e. The molecule has 0 aliphatic carbocycles. The van der Waals surface area contributed by atoms with E-state index in [0.717, 1.165) is 16.9 Å². The molecule has 4 rings (SSSR count). The van der Waals surface area contributed by atoms with E-state index in [0.29, 0.717) is 16.6 Å². The summed E-state index contributed by atoms with van der Waals surface area (Å²) < 4.78 is 6.86. The third-order valence-electron chi connectivity index (χ3n) is 4.49. The Bertz CT molecular complexity index is 999. The monoisotopic (exact) mass is 369 g/mol. The number of hydrogen-bond donors (Lipinski definition) is 2. The highest BCUT2D eigenvalue weighted by Gasteiger charge is 2.31. The quantitative estimate of drug-likeness (QED) is 0.737. The van der Waals surface area contributed by atoms with Crippen LogP contribution in [0.2, 0.25) is 5.02 Å². The van der Waals surface area contributed by atoms with Crippen LogP contribution in [-0.2, 0) is 4.79 Å². The number of para-hydroxylation sites is 1. The highest BCUT2D eigenvalue weighted by atomic mass is 35.5. The summed E-state index contributed by atoms with van der Waals surface area (Å²) in [5, 5.41) is 13.5. The molecule has 1 atom stereocenters. The Kier molecular flexibility index (Phi) is 4.05. The van der Waals surface area contributed by atoms with Crippen molar-refractivity contribution in [2.24, 2.45) is 0 Å². The Labute approximate surface area is 155 Å². The zero-order valence-electron chi connectivity index (χ0n) is 13.9. The number of anilines is 1. The topological polar surface area (TPSA) is 76.4 Å². The Morgan fingerprint density at radius 3 is 2.85 bits per heavy atom. The Morgan fingerprint density at radius 2 is 2.12 bits per heavy atom. The second-order valence-electron chi connectivity index (χ2n) is 6.04. The van der Waals surface area contributed by atoms with Gasteiger partial charge in [-0.2, -0.15) is 0 Å². The van der Waals surface area contributed by atoms with Crippen LogP contribution < -0.4 is 10.1 Å². The van der Waals surface area contributed by atoms with Crippen LogP contribution in [0.3, 0.4) is 0 Å². The molecule has 1 amide bonds. The molecule has 132 valence electrons. The maximum atomic E-state index is 12.3. The number of rotatable bonds is 3. The summed E-state index contributed by atoms with van der Waals surface area (Å²) in [4.78, 5) is 16.8. The first-order valence-electron chi connectivity index (χ1n) is 8.07. The van der Waals surface area contributed by atoms with Crippen LogP contribution >= 0.6 is 11.6 Å². The van der Waals surface area contributed by atoms with Gasteiger partial charge >= 0.3 is 0 Å². The number of hydrogen-bond acceptors (Lipinski definition) is 4. The van der Waals surface area contributed by atoms with Gasteiger partial charge in [0, 0.05) is 12.3 Å². The van der Waals surface area contributed by atoms with Gasteiger partial charge in [-0.25, -0.2) is 4.98 Å². The van der Waals surface area contributed by atoms with Crippen molar-refractivity contribution in [3.63, 3.8) is 0 Å². The second-order valence-corrected chi connectivity index (χ2v) is 6.44. The van der Waals surface area contributed by atoms with E-state index in [4.69, 9.17) is 16.3 Å². The van der Waals surface area contributed by atoms with E-state index < -0.39 is 0 Å². The molecule has 0 saturated heterocycles. The number of amides is 1. The summed E-state index contributed by atoms with van der Waals surface area (Å²) in [5.41, 5.74) is 2.26. The molecule has 0 radical (unpaired) electrons. The van der Waals surface area contributed by atoms with Gasteiger partial charge in [0.2, 0.25) is 5.91 Å². The molecule has 1 aliphatic rings. The summed E-state index contributed by atoms with van der Waals surface area (Å²) in [6.07, 6.45) is 1.90. The minimum Gasteiger partial charge on any atom is -0.504 e. The maximum absolute atomic E-state index is 12.3. The summed E-state index contributed by atoms with van der Waals surface area (Å²) in [6, 6.07) is 12.5. The van der Waals surface area contributed by atoms with Crippen LogP contribution in [0.1, 0.15) is 23.6 Å². The summed E-state index contributed by atoms with van der Waals surface area (Å²) >= 11 is 6.29. The number of carbonyl (C=O) groups excluding carboxylic acids is 1. The number of aromatic nitrogens is 2. The number of aromatic hydroxyl groups is 1. The van der Waals surface area contributed by atoms with Gasteiger partial charge in [0.1, 0.15) is 12.1 Å². The molecule has 0 spiro atoms. The zero-order chi connectivity index (χ0) is 18.3. The van der Waals surface area contributed by atoms with Gasteiger partial charge < -0.3 is 15.2 Å². The van der Waals surface area contributed by atoms with Gasteiger partial charge in [-0.1, -0.05) is 29.8 Å². The van der Waals surface area contributed by atoms with E-state index in [2.05, 4.69) is 10.3 Å². The molecule has 2 N–H and O–H groups in total. The van der Waals surface area contributed by atoms with Crippen molar-refractivity contribution < 1.29 is 14.6 Å². The molecule has 0 bridgehead atoms. The number of nitrogens with one attached hydrogen (secondary N) is 1. The first-order valence-corrected chi connectivity index (χ1v) is 8.45. The zero-order valence-corrected chi connectivity index (χ0v) is 14.7. The van der Waals surface area contributed by atoms with Crippen molar-refractivity contribution in [3.8, 4) is 17.2 Å². The van der Waals surface area contributed by atoms with Gasteiger partial charge in [0.25, 0.3) is 0 Å². The highest BCUT2D eigenvalue weighted by Crippen LogP contribution is 2.40. The van der Waals surface area contributed by atoms with Crippen molar-refractivity contribution >= 4 is 23.3 Å². The molecule has 6 nitrogen and oxygen atoms in total. The Balaban J connectivity index is 1.81. The fourth-order valence-corrected chi connectivity index (χ4v) is 3.46. The minimum atomic E-state index is -0.265. The molecule has 3 aromatic rings. The predicted molar refractivity (Wildman–Crippen MR) is 98.3 cm³/mol. The first-order chi connectivity index (χ1) is 12.6. The number of nitrogens with zero attached hydrogens (tertiary/aromatic N) is 2. The molecule has 7 heteroatoms. The highest BCUT2D eigenvalue weighted by molar-refractivity contribution is 6.32. The molecule has 0 saturated carbocycles. The number of ether oxygens (including phenoxy) is 1. The van der Waals surface area contributed by atoms with Crippen molar-refractivity contribution in [3.05, 3.63) is 65.1 Å². The van der Waals surface area contributed by atoms with Crippen molar-refractivity contribution in [1.82, 2.24) is 9.55 Å². The number of phenols is 1. The lowest BCUT2D eigenvalue weighted by Crippen LogP contribution is -2.25. The number of imidazole rings is 1. The van der Waals surface area contributed by atoms with E-state index in [1.807, 2.05) is 24.3 Å². The molecular weight excluding hydrogens is 354 g/mol. The predicted octanol–water partition coefficient (Wildman–Crippen LogP) is 3.71. The number of methoxy groups -OCH3 is 1. The maximum Gasteiger partial charge on any atom is 0.226 e. The largest absolute Gasteiger partial charge is 0.504 e. The number of benzene rings is 2. The van der Waals surface area contributed by atoms with Gasteiger partial charge in [0.15, 0.2) is 11.5 Å². The standard InChI is InChI=1S/C19H16ClN3O3/c1-26-16-7-6-11(8-15(16)24)12-9-17(25)22-19-18(12)21-10-23(19)14-5-3-2-4-13(14)20/h2-8,10,12,24H,9H2,1H3,(H,22,25). The van der Waals surface area contributed by atoms with Gasteiger partial charge in [-0.05, 0) is 29.8 Å². The Morgan fingerprint density at radius 1 is 1.31 bits per heavy atom. The molecule has 26 heavy (non-hydrogen) atoms. The third-order valence-corrected chi connectivity index (χ3v) is 4.81. The number of phenolic OH excluding ortho intramolecular Hbond substituents is 1. The van der Waals surface area contributed by atoms with Crippen molar-refractivity contribution in [2.75, 3.05) is 12.4 Å². The molecule has 1 aliphatic heterocycles. The molecule has 2 aromatic carbocycles. The van der Waals surface area contributed by atoms with Gasteiger partial charge in [-0.3, -0.25) is 9.36 Å².